The molecule has 1 amide bonds. The van der Waals surface area contributed by atoms with Gasteiger partial charge < -0.3 is 14.6 Å². The molecule has 8 heteroatoms. The van der Waals surface area contributed by atoms with E-state index in [0.717, 1.165) is 0 Å². The molecular formula is C21H19Cl2N3O3. The first-order chi connectivity index (χ1) is 14.0. The Bertz CT molecular complexity index is 1110. The molecule has 0 radical (unpaired) electrons. The summed E-state index contributed by atoms with van der Waals surface area (Å²) in [6.45, 7) is 0.824. The second-order valence-corrected chi connectivity index (χ2v) is 7.13. The molecule has 2 aromatic carbocycles. The number of rotatable bonds is 7. The van der Waals surface area contributed by atoms with Crippen molar-refractivity contribution < 1.29 is 9.53 Å². The van der Waals surface area contributed by atoms with Crippen molar-refractivity contribution in [3.05, 3.63) is 80.3 Å². The molecule has 0 spiro atoms. The Hall–Kier alpha value is -2.67. The summed E-state index contributed by atoms with van der Waals surface area (Å²) in [5.74, 6) is 0.139. The second-order valence-electron chi connectivity index (χ2n) is 6.28. The van der Waals surface area contributed by atoms with Gasteiger partial charge in [0.05, 0.1) is 24.1 Å². The summed E-state index contributed by atoms with van der Waals surface area (Å²) in [6.07, 6.45) is 3.04. The number of carbonyl (C=O) groups excluding carboxylic acids is 1. The number of fused-ring (bicyclic) bond motifs is 1. The summed E-state index contributed by atoms with van der Waals surface area (Å²) in [4.78, 5) is 33.8. The summed E-state index contributed by atoms with van der Waals surface area (Å²) < 4.78 is 5.10. The fourth-order valence-corrected chi connectivity index (χ4v) is 3.23. The van der Waals surface area contributed by atoms with Crippen molar-refractivity contribution in [1.82, 2.24) is 14.9 Å². The lowest BCUT2D eigenvalue weighted by Gasteiger charge is -2.20. The molecular weight excluding hydrogens is 413 g/mol. The highest BCUT2D eigenvalue weighted by Gasteiger charge is 2.14. The largest absolute Gasteiger partial charge is 0.383 e. The lowest BCUT2D eigenvalue weighted by atomic mass is 10.2. The first-order valence-corrected chi connectivity index (χ1v) is 9.62. The second kappa shape index (κ2) is 9.69. The van der Waals surface area contributed by atoms with Crippen molar-refractivity contribution in [1.29, 1.82) is 0 Å². The van der Waals surface area contributed by atoms with Gasteiger partial charge in [-0.15, -0.1) is 0 Å². The Morgan fingerprint density at radius 3 is 2.79 bits per heavy atom. The van der Waals surface area contributed by atoms with Gasteiger partial charge in [-0.2, -0.15) is 0 Å². The third-order valence-corrected chi connectivity index (χ3v) is 4.81. The van der Waals surface area contributed by atoms with E-state index in [2.05, 4.69) is 9.97 Å². The number of benzene rings is 2. The summed E-state index contributed by atoms with van der Waals surface area (Å²) in [5, 5.41) is 1.47. The molecule has 0 unspecified atom stereocenters. The van der Waals surface area contributed by atoms with Crippen molar-refractivity contribution in [2.45, 2.75) is 6.54 Å². The van der Waals surface area contributed by atoms with Crippen LogP contribution in [-0.2, 0) is 16.1 Å². The highest BCUT2D eigenvalue weighted by atomic mass is 35.5. The van der Waals surface area contributed by atoms with Gasteiger partial charge in [-0.25, -0.2) is 4.98 Å². The molecule has 6 nitrogen and oxygen atoms in total. The lowest BCUT2D eigenvalue weighted by molar-refractivity contribution is -0.127. The van der Waals surface area contributed by atoms with Gasteiger partial charge in [-0.05, 0) is 35.9 Å². The molecule has 0 saturated heterocycles. The first-order valence-electron chi connectivity index (χ1n) is 8.87. The molecule has 0 aliphatic heterocycles. The maximum Gasteiger partial charge on any atom is 0.258 e. The van der Waals surface area contributed by atoms with Crippen molar-refractivity contribution in [2.75, 3.05) is 20.3 Å². The summed E-state index contributed by atoms with van der Waals surface area (Å²) >= 11 is 12.0. The minimum atomic E-state index is -0.260. The van der Waals surface area contributed by atoms with Crippen LogP contribution in [-0.4, -0.2) is 41.0 Å². The van der Waals surface area contributed by atoms with Crippen LogP contribution < -0.4 is 5.56 Å². The molecule has 1 heterocycles. The van der Waals surface area contributed by atoms with E-state index in [1.807, 2.05) is 6.07 Å². The van der Waals surface area contributed by atoms with Crippen LogP contribution in [0.1, 0.15) is 11.4 Å². The van der Waals surface area contributed by atoms with Gasteiger partial charge >= 0.3 is 0 Å². The number of nitrogens with one attached hydrogen (secondary N) is 1. The van der Waals surface area contributed by atoms with E-state index in [9.17, 15) is 9.59 Å². The molecule has 0 fully saturated rings. The molecule has 29 heavy (non-hydrogen) atoms. The summed E-state index contributed by atoms with van der Waals surface area (Å²) in [7, 11) is 1.56. The number of methoxy groups -OCH3 is 1. The van der Waals surface area contributed by atoms with E-state index >= 15 is 0 Å². The number of hydrogen-bond donors (Lipinski definition) is 1. The molecule has 0 aliphatic rings. The minimum absolute atomic E-state index is 0.140. The number of nitrogens with zero attached hydrogens (tertiary/aromatic N) is 2. The molecule has 3 rings (SSSR count). The number of hydrogen-bond acceptors (Lipinski definition) is 4. The normalized spacial score (nSPS) is 11.3. The lowest BCUT2D eigenvalue weighted by Crippen LogP contribution is -2.33. The van der Waals surface area contributed by atoms with Gasteiger partial charge in [-0.3, -0.25) is 9.59 Å². The first kappa shape index (κ1) is 21.0. The number of aromatic nitrogens is 2. The number of amides is 1. The summed E-state index contributed by atoms with van der Waals surface area (Å²) in [5.41, 5.74) is 1.01. The molecule has 3 aromatic rings. The monoisotopic (exact) mass is 431 g/mol. The van der Waals surface area contributed by atoms with E-state index in [1.165, 1.54) is 11.0 Å². The van der Waals surface area contributed by atoms with Crippen LogP contribution >= 0.6 is 23.2 Å². The minimum Gasteiger partial charge on any atom is -0.383 e. The maximum absolute atomic E-state index is 12.7. The zero-order valence-electron chi connectivity index (χ0n) is 15.7. The number of para-hydroxylation sites is 1. The Labute approximate surface area is 177 Å². The van der Waals surface area contributed by atoms with Gasteiger partial charge in [0, 0.05) is 29.8 Å². The molecule has 1 aromatic heterocycles. The SMILES string of the molecule is COCCN(Cc1nc2ccccc2c(=O)[nH]1)C(=O)C=Cc1ccc(Cl)cc1Cl. The molecule has 1 N–H and O–H groups in total. The quantitative estimate of drug-likeness (QED) is 0.575. The van der Waals surface area contributed by atoms with E-state index in [4.69, 9.17) is 27.9 Å². The highest BCUT2D eigenvalue weighted by molar-refractivity contribution is 6.35. The number of aromatic amines is 1. The Balaban J connectivity index is 1.82. The maximum atomic E-state index is 12.7. The average Bonchev–Trinajstić information content (AvgIpc) is 2.70. The molecule has 0 bridgehead atoms. The predicted octanol–water partition coefficient (Wildman–Crippen LogP) is 3.92. The summed E-state index contributed by atoms with van der Waals surface area (Å²) in [6, 6.07) is 12.1. The van der Waals surface area contributed by atoms with Crippen LogP contribution in [0.25, 0.3) is 17.0 Å². The third-order valence-electron chi connectivity index (χ3n) is 4.25. The van der Waals surface area contributed by atoms with Crippen molar-refractivity contribution in [2.24, 2.45) is 0 Å². The molecule has 150 valence electrons. The van der Waals surface area contributed by atoms with Gasteiger partial charge in [0.2, 0.25) is 5.91 Å². The standard InChI is InChI=1S/C21H19Cl2N3O3/c1-29-11-10-26(20(27)9-7-14-6-8-15(22)12-17(14)23)13-19-24-18-5-3-2-4-16(18)21(28)25-19/h2-9,12H,10-11,13H2,1H3,(H,24,25,28). The van der Waals surface area contributed by atoms with Crippen molar-refractivity contribution >= 4 is 46.1 Å². The van der Waals surface area contributed by atoms with Crippen LogP contribution in [0, 0.1) is 0 Å². The van der Waals surface area contributed by atoms with Gasteiger partial charge in [0.1, 0.15) is 5.82 Å². The van der Waals surface area contributed by atoms with Crippen LogP contribution in [0.4, 0.5) is 0 Å². The third kappa shape index (κ3) is 5.44. The number of halogens is 2. The molecule has 0 saturated carbocycles. The highest BCUT2D eigenvalue weighted by Crippen LogP contribution is 2.22. The van der Waals surface area contributed by atoms with Crippen LogP contribution in [0.3, 0.4) is 0 Å². The fourth-order valence-electron chi connectivity index (χ4n) is 2.76. The number of ether oxygens (including phenoxy) is 1. The molecule has 0 aliphatic carbocycles. The predicted molar refractivity (Wildman–Crippen MR) is 115 cm³/mol. The Morgan fingerprint density at radius 1 is 1.24 bits per heavy atom. The zero-order valence-corrected chi connectivity index (χ0v) is 17.2. The number of H-pyrrole nitrogens is 1. The van der Waals surface area contributed by atoms with Gasteiger partial charge in [-0.1, -0.05) is 41.4 Å². The zero-order chi connectivity index (χ0) is 20.8. The van der Waals surface area contributed by atoms with Crippen LogP contribution in [0.15, 0.2) is 53.3 Å². The van der Waals surface area contributed by atoms with E-state index in [1.54, 1.807) is 49.6 Å². The Morgan fingerprint density at radius 2 is 2.03 bits per heavy atom. The van der Waals surface area contributed by atoms with E-state index in [-0.39, 0.29) is 18.0 Å². The van der Waals surface area contributed by atoms with Crippen molar-refractivity contribution in [3.8, 4) is 0 Å². The fraction of sp³-hybridized carbons (Fsp3) is 0.190. The Kier molecular flexibility index (Phi) is 7.04. The average molecular weight is 432 g/mol. The van der Waals surface area contributed by atoms with Gasteiger partial charge in [0.15, 0.2) is 0 Å². The topological polar surface area (TPSA) is 75.3 Å². The molecule has 0 atom stereocenters. The van der Waals surface area contributed by atoms with Crippen LogP contribution in [0.2, 0.25) is 10.0 Å². The van der Waals surface area contributed by atoms with E-state index < -0.39 is 0 Å². The van der Waals surface area contributed by atoms with Crippen LogP contribution in [0.5, 0.6) is 0 Å². The van der Waals surface area contributed by atoms with Crippen molar-refractivity contribution in [3.63, 3.8) is 0 Å². The van der Waals surface area contributed by atoms with Gasteiger partial charge in [0.25, 0.3) is 5.56 Å². The van der Waals surface area contributed by atoms with E-state index in [0.29, 0.717) is 45.5 Å². The number of carbonyl (C=O) groups is 1. The smallest absolute Gasteiger partial charge is 0.258 e.